The summed E-state index contributed by atoms with van der Waals surface area (Å²) in [5.74, 6) is -1.11. The van der Waals surface area contributed by atoms with Gasteiger partial charge in [0, 0.05) is 17.3 Å². The highest BCUT2D eigenvalue weighted by molar-refractivity contribution is 5.61. The van der Waals surface area contributed by atoms with Crippen LogP contribution in [0.3, 0.4) is 0 Å². The van der Waals surface area contributed by atoms with Gasteiger partial charge in [-0.1, -0.05) is 13.3 Å². The molecular weight excluding hydrogens is 288 g/mol. The molecular formula is C14H12F4N2O. The van der Waals surface area contributed by atoms with Crippen LogP contribution in [0.15, 0.2) is 29.1 Å². The van der Waals surface area contributed by atoms with E-state index in [1.807, 2.05) is 6.92 Å². The minimum atomic E-state index is -4.66. The molecule has 1 aromatic heterocycles. The zero-order chi connectivity index (χ0) is 15.6. The van der Waals surface area contributed by atoms with Gasteiger partial charge in [0.25, 0.3) is 5.56 Å². The van der Waals surface area contributed by atoms with Crippen molar-refractivity contribution in [1.29, 1.82) is 0 Å². The van der Waals surface area contributed by atoms with Crippen molar-refractivity contribution in [2.45, 2.75) is 25.9 Å². The monoisotopic (exact) mass is 300 g/mol. The third-order valence-corrected chi connectivity index (χ3v) is 2.84. The van der Waals surface area contributed by atoms with Gasteiger partial charge in [0.2, 0.25) is 0 Å². The van der Waals surface area contributed by atoms with Crippen LogP contribution in [0.1, 0.15) is 24.6 Å². The SMILES string of the molecule is CCCc1cc(=O)[nH]c(-c2cc(F)ccc2C(F)(F)F)n1. The summed E-state index contributed by atoms with van der Waals surface area (Å²) in [7, 11) is 0. The summed E-state index contributed by atoms with van der Waals surface area (Å²) in [4.78, 5) is 17.7. The van der Waals surface area contributed by atoms with Crippen molar-refractivity contribution in [2.24, 2.45) is 0 Å². The summed E-state index contributed by atoms with van der Waals surface area (Å²) in [5, 5.41) is 0. The number of H-pyrrole nitrogens is 1. The third-order valence-electron chi connectivity index (χ3n) is 2.84. The fourth-order valence-corrected chi connectivity index (χ4v) is 1.98. The molecule has 2 rings (SSSR count). The molecule has 0 bridgehead atoms. The summed E-state index contributed by atoms with van der Waals surface area (Å²) in [5.41, 5.74) is -1.72. The second-order valence-corrected chi connectivity index (χ2v) is 4.52. The van der Waals surface area contributed by atoms with Gasteiger partial charge in [-0.15, -0.1) is 0 Å². The largest absolute Gasteiger partial charge is 0.417 e. The normalized spacial score (nSPS) is 11.7. The van der Waals surface area contributed by atoms with Crippen molar-refractivity contribution < 1.29 is 17.6 Å². The zero-order valence-corrected chi connectivity index (χ0v) is 11.1. The third kappa shape index (κ3) is 3.48. The molecule has 0 saturated carbocycles. The van der Waals surface area contributed by atoms with Crippen LogP contribution >= 0.6 is 0 Å². The van der Waals surface area contributed by atoms with Crippen LogP contribution in [0.25, 0.3) is 11.4 Å². The van der Waals surface area contributed by atoms with Crippen LogP contribution in [0, 0.1) is 5.82 Å². The first-order valence-corrected chi connectivity index (χ1v) is 6.28. The van der Waals surface area contributed by atoms with E-state index in [-0.39, 0.29) is 5.82 Å². The number of hydrogen-bond donors (Lipinski definition) is 1. The van der Waals surface area contributed by atoms with Crippen LogP contribution < -0.4 is 5.56 Å². The fraction of sp³-hybridized carbons (Fsp3) is 0.286. The van der Waals surface area contributed by atoms with Gasteiger partial charge >= 0.3 is 6.18 Å². The predicted octanol–water partition coefficient (Wildman–Crippen LogP) is 3.55. The lowest BCUT2D eigenvalue weighted by Crippen LogP contribution is -2.14. The molecule has 0 saturated heterocycles. The molecule has 1 N–H and O–H groups in total. The summed E-state index contributed by atoms with van der Waals surface area (Å²) in [6.45, 7) is 1.85. The summed E-state index contributed by atoms with van der Waals surface area (Å²) >= 11 is 0. The molecule has 0 aliphatic carbocycles. The summed E-state index contributed by atoms with van der Waals surface area (Å²) in [6.07, 6.45) is -3.53. The number of aromatic amines is 1. The van der Waals surface area contributed by atoms with E-state index in [1.54, 1.807) is 0 Å². The maximum atomic E-state index is 13.3. The molecule has 0 unspecified atom stereocenters. The molecule has 0 aliphatic heterocycles. The number of nitrogens with one attached hydrogen (secondary N) is 1. The van der Waals surface area contributed by atoms with E-state index < -0.39 is 28.7 Å². The molecule has 3 nitrogen and oxygen atoms in total. The summed E-state index contributed by atoms with van der Waals surface area (Å²) < 4.78 is 52.2. The highest BCUT2D eigenvalue weighted by Crippen LogP contribution is 2.36. The molecule has 0 fully saturated rings. The number of halogens is 4. The van der Waals surface area contributed by atoms with Crippen LogP contribution in [0.4, 0.5) is 17.6 Å². The number of hydrogen-bond acceptors (Lipinski definition) is 2. The summed E-state index contributed by atoms with van der Waals surface area (Å²) in [6, 6.07) is 3.30. The van der Waals surface area contributed by atoms with Gasteiger partial charge in [-0.25, -0.2) is 9.37 Å². The number of aromatic nitrogens is 2. The Balaban J connectivity index is 2.66. The van der Waals surface area contributed by atoms with Crippen LogP contribution in [-0.2, 0) is 12.6 Å². The van der Waals surface area contributed by atoms with E-state index in [4.69, 9.17) is 0 Å². The average Bonchev–Trinajstić information content (AvgIpc) is 2.36. The van der Waals surface area contributed by atoms with E-state index in [0.717, 1.165) is 12.1 Å². The molecule has 21 heavy (non-hydrogen) atoms. The van der Waals surface area contributed by atoms with Gasteiger partial charge < -0.3 is 4.98 Å². The Kier molecular flexibility index (Phi) is 4.11. The van der Waals surface area contributed by atoms with E-state index >= 15 is 0 Å². The van der Waals surface area contributed by atoms with E-state index in [0.29, 0.717) is 24.6 Å². The predicted molar refractivity (Wildman–Crippen MR) is 69.2 cm³/mol. The molecule has 1 aromatic carbocycles. The molecule has 2 aromatic rings. The Morgan fingerprint density at radius 3 is 2.57 bits per heavy atom. The molecule has 0 spiro atoms. The van der Waals surface area contributed by atoms with Crippen molar-refractivity contribution in [3.63, 3.8) is 0 Å². The fourth-order valence-electron chi connectivity index (χ4n) is 1.98. The van der Waals surface area contributed by atoms with Crippen LogP contribution in [0.2, 0.25) is 0 Å². The van der Waals surface area contributed by atoms with Crippen molar-refractivity contribution in [3.05, 3.63) is 51.7 Å². The average molecular weight is 300 g/mol. The number of benzene rings is 1. The lowest BCUT2D eigenvalue weighted by atomic mass is 10.1. The van der Waals surface area contributed by atoms with E-state index in [9.17, 15) is 22.4 Å². The molecule has 0 atom stereocenters. The van der Waals surface area contributed by atoms with Crippen molar-refractivity contribution in [1.82, 2.24) is 9.97 Å². The Bertz CT molecular complexity index is 707. The topological polar surface area (TPSA) is 45.8 Å². The van der Waals surface area contributed by atoms with Gasteiger partial charge in [0.15, 0.2) is 0 Å². The molecule has 7 heteroatoms. The minimum Gasteiger partial charge on any atom is -0.307 e. The first-order valence-electron chi connectivity index (χ1n) is 6.28. The van der Waals surface area contributed by atoms with Gasteiger partial charge in [0.1, 0.15) is 11.6 Å². The number of rotatable bonds is 3. The van der Waals surface area contributed by atoms with Gasteiger partial charge in [-0.05, 0) is 24.6 Å². The zero-order valence-electron chi connectivity index (χ0n) is 11.1. The second-order valence-electron chi connectivity index (χ2n) is 4.52. The van der Waals surface area contributed by atoms with Gasteiger partial charge in [0.05, 0.1) is 5.56 Å². The first kappa shape index (κ1) is 15.2. The highest BCUT2D eigenvalue weighted by Gasteiger charge is 2.34. The Hall–Kier alpha value is -2.18. The number of nitrogens with zero attached hydrogens (tertiary/aromatic N) is 1. The molecule has 0 radical (unpaired) electrons. The van der Waals surface area contributed by atoms with Gasteiger partial charge in [-0.3, -0.25) is 4.79 Å². The maximum absolute atomic E-state index is 13.3. The number of alkyl halides is 3. The molecule has 0 aliphatic rings. The van der Waals surface area contributed by atoms with Gasteiger partial charge in [-0.2, -0.15) is 13.2 Å². The van der Waals surface area contributed by atoms with E-state index in [1.165, 1.54) is 6.07 Å². The van der Waals surface area contributed by atoms with Crippen molar-refractivity contribution in [2.75, 3.05) is 0 Å². The lowest BCUT2D eigenvalue weighted by Gasteiger charge is -2.12. The quantitative estimate of drug-likeness (QED) is 0.881. The standard InChI is InChI=1S/C14H12F4N2O/c1-2-3-9-7-12(21)20-13(19-9)10-6-8(15)4-5-11(10)14(16,17)18/h4-7H,2-3H2,1H3,(H,19,20,21). The first-order chi connectivity index (χ1) is 9.81. The number of aryl methyl sites for hydroxylation is 1. The molecule has 0 amide bonds. The highest BCUT2D eigenvalue weighted by atomic mass is 19.4. The Labute approximate surface area is 117 Å². The van der Waals surface area contributed by atoms with Crippen molar-refractivity contribution in [3.8, 4) is 11.4 Å². The maximum Gasteiger partial charge on any atom is 0.417 e. The Morgan fingerprint density at radius 2 is 1.95 bits per heavy atom. The van der Waals surface area contributed by atoms with E-state index in [2.05, 4.69) is 9.97 Å². The lowest BCUT2D eigenvalue weighted by molar-refractivity contribution is -0.137. The van der Waals surface area contributed by atoms with Crippen LogP contribution in [0.5, 0.6) is 0 Å². The second kappa shape index (κ2) is 5.67. The smallest absolute Gasteiger partial charge is 0.307 e. The van der Waals surface area contributed by atoms with Crippen LogP contribution in [-0.4, -0.2) is 9.97 Å². The molecule has 1 heterocycles. The molecule has 112 valence electrons. The minimum absolute atomic E-state index is 0.280. The van der Waals surface area contributed by atoms with Crippen molar-refractivity contribution >= 4 is 0 Å². The Morgan fingerprint density at radius 1 is 1.24 bits per heavy atom.